The third-order valence-electron chi connectivity index (χ3n) is 6.04. The van der Waals surface area contributed by atoms with Crippen LogP contribution < -0.4 is 10.2 Å². The van der Waals surface area contributed by atoms with Gasteiger partial charge in [0.15, 0.2) is 0 Å². The number of benzene rings is 1. The van der Waals surface area contributed by atoms with Crippen LogP contribution in [0.4, 0.5) is 11.4 Å². The number of hydrogen-bond donors (Lipinski definition) is 2. The molecule has 2 saturated carbocycles. The van der Waals surface area contributed by atoms with E-state index in [9.17, 15) is 19.5 Å². The molecule has 0 aromatic heterocycles. The van der Waals surface area contributed by atoms with Crippen LogP contribution in [0.5, 0.6) is 0 Å². The number of aliphatic carboxylic acids is 1. The van der Waals surface area contributed by atoms with Crippen LogP contribution in [0.15, 0.2) is 18.2 Å². The molecule has 2 fully saturated rings. The zero-order valence-corrected chi connectivity index (χ0v) is 15.1. The van der Waals surface area contributed by atoms with Crippen molar-refractivity contribution in [3.05, 3.63) is 23.8 Å². The lowest BCUT2D eigenvalue weighted by Gasteiger charge is -2.30. The molecule has 0 saturated heterocycles. The number of rotatable bonds is 4. The van der Waals surface area contributed by atoms with E-state index in [2.05, 4.69) is 5.32 Å². The van der Waals surface area contributed by atoms with Crippen LogP contribution in [0.25, 0.3) is 0 Å². The number of nitrogens with one attached hydrogen (secondary N) is 1. The Hall–Kier alpha value is -2.37. The Morgan fingerprint density at radius 1 is 1.19 bits per heavy atom. The van der Waals surface area contributed by atoms with Gasteiger partial charge in [-0.1, -0.05) is 19.9 Å². The van der Waals surface area contributed by atoms with Gasteiger partial charge in [-0.3, -0.25) is 14.4 Å². The van der Waals surface area contributed by atoms with Gasteiger partial charge >= 0.3 is 5.97 Å². The SMILES string of the molecule is CC1(C)C(C(=O)O)C1C(=O)Nc1ccc2c(c1)N(C(=O)C1CC1)CCC2. The second-order valence-corrected chi connectivity index (χ2v) is 8.32. The minimum Gasteiger partial charge on any atom is -0.481 e. The van der Waals surface area contributed by atoms with Crippen molar-refractivity contribution in [3.63, 3.8) is 0 Å². The van der Waals surface area contributed by atoms with Crippen LogP contribution in [0.1, 0.15) is 38.7 Å². The number of carboxylic acid groups (broad SMARTS) is 1. The topological polar surface area (TPSA) is 86.7 Å². The molecule has 0 bridgehead atoms. The van der Waals surface area contributed by atoms with Crippen molar-refractivity contribution in [2.45, 2.75) is 39.5 Å². The molecule has 2 amide bonds. The van der Waals surface area contributed by atoms with Crippen LogP contribution in [0, 0.1) is 23.2 Å². The van der Waals surface area contributed by atoms with Crippen LogP contribution in [-0.4, -0.2) is 29.4 Å². The van der Waals surface area contributed by atoms with E-state index in [4.69, 9.17) is 0 Å². The predicted molar refractivity (Wildman–Crippen MR) is 96.9 cm³/mol. The summed E-state index contributed by atoms with van der Waals surface area (Å²) in [6.45, 7) is 4.33. The van der Waals surface area contributed by atoms with Gasteiger partial charge in [-0.25, -0.2) is 0 Å². The van der Waals surface area contributed by atoms with Crippen molar-refractivity contribution in [2.75, 3.05) is 16.8 Å². The van der Waals surface area contributed by atoms with Crippen molar-refractivity contribution < 1.29 is 19.5 Å². The van der Waals surface area contributed by atoms with Gasteiger partial charge in [0, 0.05) is 23.8 Å². The quantitative estimate of drug-likeness (QED) is 0.868. The van der Waals surface area contributed by atoms with E-state index in [-0.39, 0.29) is 17.7 Å². The van der Waals surface area contributed by atoms with Gasteiger partial charge in [-0.05, 0) is 48.8 Å². The van der Waals surface area contributed by atoms with E-state index < -0.39 is 23.2 Å². The van der Waals surface area contributed by atoms with Crippen molar-refractivity contribution in [3.8, 4) is 0 Å². The number of aryl methyl sites for hydroxylation is 1. The van der Waals surface area contributed by atoms with Crippen LogP contribution >= 0.6 is 0 Å². The molecule has 0 radical (unpaired) electrons. The average Bonchev–Trinajstić information content (AvgIpc) is 3.49. The molecule has 2 N–H and O–H groups in total. The number of hydrogen-bond acceptors (Lipinski definition) is 3. The third-order valence-corrected chi connectivity index (χ3v) is 6.04. The first-order valence-corrected chi connectivity index (χ1v) is 9.28. The molecule has 1 heterocycles. The molecule has 3 aliphatic rings. The summed E-state index contributed by atoms with van der Waals surface area (Å²) in [5.41, 5.74) is 2.10. The number of amides is 2. The van der Waals surface area contributed by atoms with Gasteiger partial charge < -0.3 is 15.3 Å². The van der Waals surface area contributed by atoms with E-state index in [1.807, 2.05) is 23.1 Å². The minimum atomic E-state index is -0.929. The van der Waals surface area contributed by atoms with Gasteiger partial charge in [0.25, 0.3) is 0 Å². The van der Waals surface area contributed by atoms with Crippen molar-refractivity contribution >= 4 is 29.2 Å². The maximum absolute atomic E-state index is 12.6. The van der Waals surface area contributed by atoms with Crippen LogP contribution in [0.3, 0.4) is 0 Å². The number of carboxylic acids is 1. The Bertz CT molecular complexity index is 797. The molecule has 0 spiro atoms. The normalized spacial score (nSPS) is 26.0. The lowest BCUT2D eigenvalue weighted by molar-refractivity contribution is -0.140. The molecule has 138 valence electrons. The summed E-state index contributed by atoms with van der Waals surface area (Å²) in [7, 11) is 0. The van der Waals surface area contributed by atoms with Crippen LogP contribution in [0.2, 0.25) is 0 Å². The van der Waals surface area contributed by atoms with E-state index in [1.165, 1.54) is 0 Å². The molecule has 1 aromatic carbocycles. The second kappa shape index (κ2) is 5.83. The summed E-state index contributed by atoms with van der Waals surface area (Å²) in [6.07, 6.45) is 3.81. The molecule has 4 rings (SSSR count). The molecular formula is C20H24N2O4. The first kappa shape index (κ1) is 17.1. The monoisotopic (exact) mass is 356 g/mol. The highest BCUT2D eigenvalue weighted by atomic mass is 16.4. The molecule has 6 heteroatoms. The highest BCUT2D eigenvalue weighted by Gasteiger charge is 2.65. The van der Waals surface area contributed by atoms with Crippen molar-refractivity contribution in [1.29, 1.82) is 0 Å². The Kier molecular flexibility index (Phi) is 3.82. The van der Waals surface area contributed by atoms with Crippen LogP contribution in [-0.2, 0) is 20.8 Å². The van der Waals surface area contributed by atoms with E-state index >= 15 is 0 Å². The molecule has 1 aliphatic heterocycles. The highest BCUT2D eigenvalue weighted by Crippen LogP contribution is 2.58. The lowest BCUT2D eigenvalue weighted by atomic mass is 10.0. The van der Waals surface area contributed by atoms with Crippen molar-refractivity contribution in [1.82, 2.24) is 0 Å². The first-order valence-electron chi connectivity index (χ1n) is 9.28. The molecule has 6 nitrogen and oxygen atoms in total. The van der Waals surface area contributed by atoms with Gasteiger partial charge in [-0.15, -0.1) is 0 Å². The fraction of sp³-hybridized carbons (Fsp3) is 0.550. The molecular weight excluding hydrogens is 332 g/mol. The fourth-order valence-corrected chi connectivity index (χ4v) is 4.24. The smallest absolute Gasteiger partial charge is 0.307 e. The minimum absolute atomic E-state index is 0.155. The summed E-state index contributed by atoms with van der Waals surface area (Å²) < 4.78 is 0. The lowest BCUT2D eigenvalue weighted by Crippen LogP contribution is -2.36. The van der Waals surface area contributed by atoms with Gasteiger partial charge in [0.2, 0.25) is 11.8 Å². The number of anilines is 2. The van der Waals surface area contributed by atoms with E-state index in [1.54, 1.807) is 13.8 Å². The predicted octanol–water partition coefficient (Wildman–Crippen LogP) is 2.67. The Labute approximate surface area is 152 Å². The maximum atomic E-state index is 12.6. The first-order chi connectivity index (χ1) is 12.3. The van der Waals surface area contributed by atoms with E-state index in [0.29, 0.717) is 5.69 Å². The van der Waals surface area contributed by atoms with Crippen molar-refractivity contribution in [2.24, 2.45) is 23.2 Å². The second-order valence-electron chi connectivity index (χ2n) is 8.32. The fourth-order valence-electron chi connectivity index (χ4n) is 4.24. The largest absolute Gasteiger partial charge is 0.481 e. The molecule has 1 aromatic rings. The molecule has 26 heavy (non-hydrogen) atoms. The number of carbonyl (C=O) groups excluding carboxylic acids is 2. The molecule has 2 aliphatic carbocycles. The Morgan fingerprint density at radius 2 is 1.92 bits per heavy atom. The number of carbonyl (C=O) groups is 3. The summed E-state index contributed by atoms with van der Waals surface area (Å²) in [5, 5.41) is 12.1. The van der Waals surface area contributed by atoms with Gasteiger partial charge in [0.1, 0.15) is 0 Å². The number of nitrogens with zero attached hydrogens (tertiary/aromatic N) is 1. The summed E-state index contributed by atoms with van der Waals surface area (Å²) in [6, 6.07) is 5.66. The third kappa shape index (κ3) is 2.77. The number of fused-ring (bicyclic) bond motifs is 1. The summed E-state index contributed by atoms with van der Waals surface area (Å²) in [4.78, 5) is 38.3. The van der Waals surface area contributed by atoms with Gasteiger partial charge in [-0.2, -0.15) is 0 Å². The zero-order valence-electron chi connectivity index (χ0n) is 15.1. The summed E-state index contributed by atoms with van der Waals surface area (Å²) in [5.74, 6) is -2.03. The highest BCUT2D eigenvalue weighted by molar-refractivity contribution is 6.01. The maximum Gasteiger partial charge on any atom is 0.307 e. The van der Waals surface area contributed by atoms with Gasteiger partial charge in [0.05, 0.1) is 11.8 Å². The Balaban J connectivity index is 1.53. The molecule has 2 atom stereocenters. The molecule has 2 unspecified atom stereocenters. The zero-order chi connectivity index (χ0) is 18.6. The summed E-state index contributed by atoms with van der Waals surface area (Å²) >= 11 is 0. The van der Waals surface area contributed by atoms with E-state index in [0.717, 1.165) is 43.5 Å². The Morgan fingerprint density at radius 3 is 2.54 bits per heavy atom. The average molecular weight is 356 g/mol. The standard InChI is InChI=1S/C20H24N2O4/c1-20(2)15(16(20)19(25)26)17(23)21-13-8-7-11-4-3-9-22(14(11)10-13)18(24)12-5-6-12/h7-8,10,12,15-16H,3-6,9H2,1-2H3,(H,21,23)(H,25,26).